The lowest BCUT2D eigenvalue weighted by molar-refractivity contribution is -0.870. The van der Waals surface area contributed by atoms with Gasteiger partial charge in [-0.05, 0) is 0 Å². The first-order valence-corrected chi connectivity index (χ1v) is 2.91. The smallest absolute Gasteiger partial charge is 0.117 e. The largest absolute Gasteiger partial charge is 1.00 e. The van der Waals surface area contributed by atoms with Crippen LogP contribution in [0.5, 0.6) is 0 Å². The summed E-state index contributed by atoms with van der Waals surface area (Å²) in [6.07, 6.45) is 0. The normalized spacial score (nSPS) is 9.60. The molecule has 0 saturated carbocycles. The van der Waals surface area contributed by atoms with Crippen LogP contribution >= 0.6 is 24.3 Å². The third kappa shape index (κ3) is 15.9. The Hall–Kier alpha value is 0.790. The van der Waals surface area contributed by atoms with Crippen molar-refractivity contribution in [3.05, 3.63) is 0 Å². The average molecular weight is 211 g/mol. The number of likely N-dealkylation sites (N-methyl/N-ethyl adjacent to an activating group) is 1. The Balaban J connectivity index is -0.000000245. The molecule has 0 rings (SSSR count). The zero-order valence-corrected chi connectivity index (χ0v) is 8.76. The zero-order chi connectivity index (χ0) is 6.62. The SMILES string of the molecule is C[N+](C)(C)CCOCl.Cl.[Cl-]. The first-order chi connectivity index (χ1) is 3.56. The summed E-state index contributed by atoms with van der Waals surface area (Å²) >= 11 is 5.00. The van der Waals surface area contributed by atoms with E-state index < -0.39 is 0 Å². The van der Waals surface area contributed by atoms with Gasteiger partial charge in [-0.25, -0.2) is 0 Å². The maximum absolute atomic E-state index is 5.00. The monoisotopic (exact) mass is 209 g/mol. The molecule has 0 fully saturated rings. The molecule has 0 saturated heterocycles. The Kier molecular flexibility index (Phi) is 13.4. The fourth-order valence-corrected chi connectivity index (χ4v) is 0.377. The second-order valence-electron chi connectivity index (χ2n) is 2.83. The van der Waals surface area contributed by atoms with E-state index in [9.17, 15) is 0 Å². The van der Waals surface area contributed by atoms with Crippen molar-refractivity contribution in [1.82, 2.24) is 0 Å². The van der Waals surface area contributed by atoms with Gasteiger partial charge in [-0.15, -0.1) is 12.4 Å². The second kappa shape index (κ2) is 7.89. The van der Waals surface area contributed by atoms with E-state index in [1.54, 1.807) is 0 Å². The van der Waals surface area contributed by atoms with E-state index in [0.717, 1.165) is 11.0 Å². The molecule has 0 aromatic carbocycles. The van der Waals surface area contributed by atoms with Crippen LogP contribution in [-0.4, -0.2) is 38.8 Å². The topological polar surface area (TPSA) is 9.23 Å². The number of rotatable bonds is 3. The van der Waals surface area contributed by atoms with E-state index in [-0.39, 0.29) is 24.8 Å². The molecule has 0 N–H and O–H groups in total. The predicted molar refractivity (Wildman–Crippen MR) is 42.0 cm³/mol. The van der Waals surface area contributed by atoms with Gasteiger partial charge in [0, 0.05) is 0 Å². The van der Waals surface area contributed by atoms with E-state index >= 15 is 0 Å². The fourth-order valence-electron chi connectivity index (χ4n) is 0.308. The molecule has 0 heterocycles. The molecule has 0 aromatic heterocycles. The van der Waals surface area contributed by atoms with Crippen LogP contribution in [0, 0.1) is 0 Å². The summed E-state index contributed by atoms with van der Waals surface area (Å²) in [4.78, 5) is 0. The number of hydrogen-bond acceptors (Lipinski definition) is 1. The molecular weight excluding hydrogens is 196 g/mol. The fraction of sp³-hybridized carbons (Fsp3) is 1.00. The van der Waals surface area contributed by atoms with Crippen molar-refractivity contribution in [2.45, 2.75) is 0 Å². The van der Waals surface area contributed by atoms with Gasteiger partial charge in [0.25, 0.3) is 0 Å². The number of hydrogen-bond donors (Lipinski definition) is 0. The highest BCUT2D eigenvalue weighted by molar-refractivity contribution is 6.07. The van der Waals surface area contributed by atoms with Gasteiger partial charge in [-0.1, -0.05) is 0 Å². The van der Waals surface area contributed by atoms with Gasteiger partial charge in [-0.3, -0.25) is 4.29 Å². The highest BCUT2D eigenvalue weighted by atomic mass is 35.5. The van der Waals surface area contributed by atoms with Crippen LogP contribution in [0.3, 0.4) is 0 Å². The molecular formula is C5H14Cl3NO. The molecule has 0 radical (unpaired) electrons. The second-order valence-corrected chi connectivity index (χ2v) is 3.05. The highest BCUT2D eigenvalue weighted by Crippen LogP contribution is 1.89. The Morgan fingerprint density at radius 3 is 1.80 bits per heavy atom. The van der Waals surface area contributed by atoms with Crippen molar-refractivity contribution in [2.75, 3.05) is 34.3 Å². The van der Waals surface area contributed by atoms with Crippen LogP contribution < -0.4 is 12.4 Å². The van der Waals surface area contributed by atoms with Gasteiger partial charge in [0.15, 0.2) is 0 Å². The summed E-state index contributed by atoms with van der Waals surface area (Å²) in [7, 11) is 6.28. The van der Waals surface area contributed by atoms with Gasteiger partial charge < -0.3 is 16.9 Å². The van der Waals surface area contributed by atoms with E-state index in [1.807, 2.05) is 0 Å². The Labute approximate surface area is 80.1 Å². The minimum Gasteiger partial charge on any atom is -1.00 e. The third-order valence-electron chi connectivity index (χ3n) is 0.839. The zero-order valence-electron chi connectivity index (χ0n) is 6.43. The number of nitrogens with zero attached hydrogens (tertiary/aromatic N) is 1. The average Bonchev–Trinajstić information content (AvgIpc) is 1.59. The van der Waals surface area contributed by atoms with Gasteiger partial charge >= 0.3 is 0 Å². The van der Waals surface area contributed by atoms with E-state index in [4.69, 9.17) is 11.9 Å². The summed E-state index contributed by atoms with van der Waals surface area (Å²) in [6.45, 7) is 1.56. The minimum atomic E-state index is 0. The van der Waals surface area contributed by atoms with Crippen LogP contribution in [0.2, 0.25) is 0 Å². The van der Waals surface area contributed by atoms with E-state index in [1.165, 1.54) is 0 Å². The van der Waals surface area contributed by atoms with Crippen molar-refractivity contribution >= 4 is 24.3 Å². The molecule has 0 aliphatic heterocycles. The maximum Gasteiger partial charge on any atom is 0.117 e. The van der Waals surface area contributed by atoms with Crippen molar-refractivity contribution in [2.24, 2.45) is 0 Å². The predicted octanol–water partition coefficient (Wildman–Crippen LogP) is -1.71. The summed E-state index contributed by atoms with van der Waals surface area (Å²) in [5, 5.41) is 0. The van der Waals surface area contributed by atoms with Crippen molar-refractivity contribution in [1.29, 1.82) is 0 Å². The van der Waals surface area contributed by atoms with Gasteiger partial charge in [0.05, 0.1) is 33.0 Å². The van der Waals surface area contributed by atoms with Crippen LogP contribution in [-0.2, 0) is 4.29 Å². The standard InChI is InChI=1S/C5H13ClNO.2ClH/c1-7(2,3)4-5-8-6;;/h4-5H2,1-3H3;2*1H/q+1;;/p-1. The molecule has 0 atom stereocenters. The number of halogens is 3. The molecule has 0 spiro atoms. The van der Waals surface area contributed by atoms with Crippen LogP contribution in [0.25, 0.3) is 0 Å². The van der Waals surface area contributed by atoms with Gasteiger partial charge in [0.1, 0.15) is 13.2 Å². The van der Waals surface area contributed by atoms with Crippen LogP contribution in [0.4, 0.5) is 0 Å². The first kappa shape index (κ1) is 17.0. The Bertz CT molecular complexity index is 64.4. The van der Waals surface area contributed by atoms with Crippen molar-refractivity contribution in [3.8, 4) is 0 Å². The van der Waals surface area contributed by atoms with Gasteiger partial charge in [0.2, 0.25) is 0 Å². The molecule has 10 heavy (non-hydrogen) atoms. The summed E-state index contributed by atoms with van der Waals surface area (Å²) in [5.41, 5.74) is 0. The molecule has 66 valence electrons. The Morgan fingerprint density at radius 2 is 1.70 bits per heavy atom. The molecule has 0 aliphatic carbocycles. The number of quaternary nitrogens is 1. The maximum atomic E-state index is 5.00. The van der Waals surface area contributed by atoms with E-state index in [2.05, 4.69) is 25.4 Å². The summed E-state index contributed by atoms with van der Waals surface area (Å²) < 4.78 is 5.27. The first-order valence-electron chi connectivity index (χ1n) is 2.60. The minimum absolute atomic E-state index is 0. The molecule has 2 nitrogen and oxygen atoms in total. The molecule has 0 amide bonds. The highest BCUT2D eigenvalue weighted by Gasteiger charge is 2.04. The van der Waals surface area contributed by atoms with Crippen molar-refractivity contribution in [3.63, 3.8) is 0 Å². The molecule has 0 unspecified atom stereocenters. The Morgan fingerprint density at radius 1 is 1.30 bits per heavy atom. The quantitative estimate of drug-likeness (QED) is 0.504. The van der Waals surface area contributed by atoms with Crippen LogP contribution in [0.1, 0.15) is 0 Å². The molecule has 0 aliphatic rings. The van der Waals surface area contributed by atoms with Crippen LogP contribution in [0.15, 0.2) is 0 Å². The molecule has 0 bridgehead atoms. The summed E-state index contributed by atoms with van der Waals surface area (Å²) in [6, 6.07) is 0. The summed E-state index contributed by atoms with van der Waals surface area (Å²) in [5.74, 6) is 0. The molecule has 0 aromatic rings. The molecule has 5 heteroatoms. The van der Waals surface area contributed by atoms with Gasteiger partial charge in [-0.2, -0.15) is 0 Å². The third-order valence-corrected chi connectivity index (χ3v) is 0.994. The lowest BCUT2D eigenvalue weighted by Crippen LogP contribution is -3.00. The van der Waals surface area contributed by atoms with E-state index in [0.29, 0.717) is 6.61 Å². The lowest BCUT2D eigenvalue weighted by Gasteiger charge is -2.22. The lowest BCUT2D eigenvalue weighted by atomic mass is 10.5. The van der Waals surface area contributed by atoms with Crippen molar-refractivity contribution < 1.29 is 21.2 Å².